The van der Waals surface area contributed by atoms with E-state index in [2.05, 4.69) is 0 Å². The third kappa shape index (κ3) is 3.24. The third-order valence-corrected chi connectivity index (χ3v) is 4.92. The summed E-state index contributed by atoms with van der Waals surface area (Å²) in [6, 6.07) is 16.2. The first-order valence-corrected chi connectivity index (χ1v) is 9.08. The lowest BCUT2D eigenvalue weighted by Crippen LogP contribution is -2.29. The van der Waals surface area contributed by atoms with Crippen molar-refractivity contribution < 1.29 is 24.0 Å². The summed E-state index contributed by atoms with van der Waals surface area (Å²) < 4.78 is 5.30. The van der Waals surface area contributed by atoms with E-state index in [1.54, 1.807) is 48.5 Å². The van der Waals surface area contributed by atoms with Crippen LogP contribution in [-0.4, -0.2) is 26.6 Å². The molecule has 2 heterocycles. The number of likely N-dealkylation sites (tertiary alicyclic amines) is 1. The van der Waals surface area contributed by atoms with Gasteiger partial charge in [-0.05, 0) is 18.2 Å². The lowest BCUT2D eigenvalue weighted by molar-refractivity contribution is -0.385. The van der Waals surface area contributed by atoms with Crippen LogP contribution in [0.15, 0.2) is 83.0 Å². The van der Waals surface area contributed by atoms with Crippen LogP contribution in [0.4, 0.5) is 5.69 Å². The highest BCUT2D eigenvalue weighted by molar-refractivity contribution is 6.46. The third-order valence-electron chi connectivity index (χ3n) is 4.92. The summed E-state index contributed by atoms with van der Waals surface area (Å²) >= 11 is 0. The molecule has 1 atom stereocenters. The Morgan fingerprint density at radius 3 is 2.40 bits per heavy atom. The van der Waals surface area contributed by atoms with Crippen LogP contribution in [0.1, 0.15) is 22.9 Å². The number of hydrogen-bond acceptors (Lipinski definition) is 6. The van der Waals surface area contributed by atoms with Crippen LogP contribution < -0.4 is 0 Å². The van der Waals surface area contributed by atoms with Crippen molar-refractivity contribution in [3.63, 3.8) is 0 Å². The van der Waals surface area contributed by atoms with Gasteiger partial charge in [-0.15, -0.1) is 0 Å². The first kappa shape index (κ1) is 19.1. The molecule has 8 heteroatoms. The van der Waals surface area contributed by atoms with E-state index in [4.69, 9.17) is 4.42 Å². The molecule has 1 aromatic heterocycles. The lowest BCUT2D eigenvalue weighted by Gasteiger charge is -2.24. The van der Waals surface area contributed by atoms with Gasteiger partial charge >= 0.3 is 0 Å². The van der Waals surface area contributed by atoms with E-state index >= 15 is 0 Å². The SMILES string of the molecule is O=C1C(=O)N(Cc2ccco2)[C@@H](c2ccccc2[N+](=O)[O-])C1=C(O)c1ccccc1. The van der Waals surface area contributed by atoms with Crippen molar-refractivity contribution in [2.24, 2.45) is 0 Å². The van der Waals surface area contributed by atoms with Crippen molar-refractivity contribution in [1.82, 2.24) is 4.90 Å². The molecular formula is C22H16N2O6. The standard InChI is InChI=1S/C22H16N2O6/c25-20(14-7-2-1-3-8-14)18-19(16-10-4-5-11-17(16)24(28)29)23(22(27)21(18)26)13-15-9-6-12-30-15/h1-12,19,25H,13H2/t19-/m0/s1. The number of aliphatic hydroxyl groups is 1. The minimum absolute atomic E-state index is 0.0835. The quantitative estimate of drug-likeness (QED) is 0.227. The minimum Gasteiger partial charge on any atom is -0.507 e. The van der Waals surface area contributed by atoms with Crippen LogP contribution in [-0.2, 0) is 16.1 Å². The molecule has 0 radical (unpaired) electrons. The van der Waals surface area contributed by atoms with Gasteiger partial charge in [-0.2, -0.15) is 0 Å². The van der Waals surface area contributed by atoms with Gasteiger partial charge in [-0.25, -0.2) is 0 Å². The number of nitro benzene ring substituents is 1. The molecule has 1 N–H and O–H groups in total. The second kappa shape index (κ2) is 7.67. The number of Topliss-reactive ketones (excluding diaryl/α,β-unsaturated/α-hetero) is 1. The first-order valence-electron chi connectivity index (χ1n) is 9.08. The molecule has 1 amide bonds. The Labute approximate surface area is 170 Å². The van der Waals surface area contributed by atoms with E-state index < -0.39 is 22.7 Å². The van der Waals surface area contributed by atoms with Gasteiger partial charge in [0.25, 0.3) is 17.4 Å². The topological polar surface area (TPSA) is 114 Å². The average molecular weight is 404 g/mol. The van der Waals surface area contributed by atoms with Gasteiger partial charge in [0, 0.05) is 11.6 Å². The average Bonchev–Trinajstić information content (AvgIpc) is 3.36. The number of ketones is 1. The maximum atomic E-state index is 12.9. The maximum Gasteiger partial charge on any atom is 0.296 e. The maximum absolute atomic E-state index is 12.9. The Bertz CT molecular complexity index is 1150. The molecule has 0 aliphatic carbocycles. The van der Waals surface area contributed by atoms with Crippen molar-refractivity contribution >= 4 is 23.1 Å². The van der Waals surface area contributed by atoms with Crippen LogP contribution in [0.2, 0.25) is 0 Å². The molecular weight excluding hydrogens is 388 g/mol. The van der Waals surface area contributed by atoms with E-state index in [0.29, 0.717) is 11.3 Å². The number of hydrogen-bond donors (Lipinski definition) is 1. The summed E-state index contributed by atoms with van der Waals surface area (Å²) in [6.07, 6.45) is 1.43. The second-order valence-corrected chi connectivity index (χ2v) is 6.69. The summed E-state index contributed by atoms with van der Waals surface area (Å²) in [6.45, 7) is -0.0835. The van der Waals surface area contributed by atoms with E-state index in [0.717, 1.165) is 0 Å². The van der Waals surface area contributed by atoms with E-state index in [1.165, 1.54) is 29.4 Å². The van der Waals surface area contributed by atoms with Crippen LogP contribution in [0.5, 0.6) is 0 Å². The van der Waals surface area contributed by atoms with Crippen LogP contribution in [0, 0.1) is 10.1 Å². The summed E-state index contributed by atoms with van der Waals surface area (Å²) in [5.41, 5.74) is 0.00248. The molecule has 0 saturated carbocycles. The Balaban J connectivity index is 1.94. The van der Waals surface area contributed by atoms with Crippen molar-refractivity contribution in [1.29, 1.82) is 0 Å². The monoisotopic (exact) mass is 404 g/mol. The van der Waals surface area contributed by atoms with Gasteiger partial charge < -0.3 is 14.4 Å². The molecule has 1 fully saturated rings. The molecule has 1 aliphatic rings. The molecule has 30 heavy (non-hydrogen) atoms. The summed E-state index contributed by atoms with van der Waals surface area (Å²) in [7, 11) is 0. The first-order chi connectivity index (χ1) is 14.5. The number of furan rings is 1. The smallest absolute Gasteiger partial charge is 0.296 e. The summed E-state index contributed by atoms with van der Waals surface area (Å²) in [5, 5.41) is 22.5. The number of carbonyl (C=O) groups is 2. The number of para-hydroxylation sites is 1. The van der Waals surface area contributed by atoms with E-state index in [9.17, 15) is 24.8 Å². The zero-order chi connectivity index (χ0) is 21.3. The largest absolute Gasteiger partial charge is 0.507 e. The van der Waals surface area contributed by atoms with Gasteiger partial charge in [0.05, 0.1) is 34.9 Å². The molecule has 8 nitrogen and oxygen atoms in total. The fourth-order valence-electron chi connectivity index (χ4n) is 3.57. The highest BCUT2D eigenvalue weighted by Gasteiger charge is 2.48. The van der Waals surface area contributed by atoms with Crippen molar-refractivity contribution in [3.8, 4) is 0 Å². The van der Waals surface area contributed by atoms with Gasteiger partial charge in [-0.1, -0.05) is 42.5 Å². The molecule has 2 aromatic carbocycles. The fraction of sp³-hybridized carbons (Fsp3) is 0.0909. The molecule has 0 unspecified atom stereocenters. The van der Waals surface area contributed by atoms with Crippen LogP contribution in [0.3, 0.4) is 0 Å². The van der Waals surface area contributed by atoms with Gasteiger partial charge in [-0.3, -0.25) is 19.7 Å². The molecule has 1 aliphatic heterocycles. The number of carbonyl (C=O) groups excluding carboxylic acids is 2. The number of rotatable bonds is 5. The van der Waals surface area contributed by atoms with Gasteiger partial charge in [0.15, 0.2) is 0 Å². The summed E-state index contributed by atoms with van der Waals surface area (Å²) in [5.74, 6) is -1.77. The predicted molar refractivity (Wildman–Crippen MR) is 106 cm³/mol. The van der Waals surface area contributed by atoms with Crippen molar-refractivity contribution in [3.05, 3.63) is 106 Å². The van der Waals surface area contributed by atoms with E-state index in [-0.39, 0.29) is 29.1 Å². The Morgan fingerprint density at radius 2 is 1.73 bits per heavy atom. The normalized spacial score (nSPS) is 18.0. The van der Waals surface area contributed by atoms with Crippen molar-refractivity contribution in [2.45, 2.75) is 12.6 Å². The Kier molecular flexibility index (Phi) is 4.89. The molecule has 4 rings (SSSR count). The molecule has 3 aromatic rings. The highest BCUT2D eigenvalue weighted by Crippen LogP contribution is 2.43. The number of nitrogens with zero attached hydrogens (tertiary/aromatic N) is 2. The minimum atomic E-state index is -1.14. The zero-order valence-electron chi connectivity index (χ0n) is 15.6. The highest BCUT2D eigenvalue weighted by atomic mass is 16.6. The number of benzene rings is 2. The van der Waals surface area contributed by atoms with Crippen molar-refractivity contribution in [2.75, 3.05) is 0 Å². The predicted octanol–water partition coefficient (Wildman–Crippen LogP) is 3.81. The van der Waals surface area contributed by atoms with Crippen LogP contribution in [0.25, 0.3) is 5.76 Å². The molecule has 150 valence electrons. The van der Waals surface area contributed by atoms with E-state index in [1.807, 2.05) is 0 Å². The van der Waals surface area contributed by atoms with Gasteiger partial charge in [0.1, 0.15) is 11.5 Å². The summed E-state index contributed by atoms with van der Waals surface area (Å²) in [4.78, 5) is 38.0. The molecule has 1 saturated heterocycles. The molecule has 0 spiro atoms. The Hall–Kier alpha value is -4.20. The lowest BCUT2D eigenvalue weighted by atomic mass is 9.94. The second-order valence-electron chi connectivity index (χ2n) is 6.69. The van der Waals surface area contributed by atoms with Crippen LogP contribution >= 0.6 is 0 Å². The fourth-order valence-corrected chi connectivity index (χ4v) is 3.57. The Morgan fingerprint density at radius 1 is 1.03 bits per heavy atom. The molecule has 0 bridgehead atoms. The number of nitro groups is 1. The number of amides is 1. The zero-order valence-corrected chi connectivity index (χ0v) is 15.6. The van der Waals surface area contributed by atoms with Gasteiger partial charge in [0.2, 0.25) is 0 Å². The number of aliphatic hydroxyl groups excluding tert-OH is 1.